The predicted molar refractivity (Wildman–Crippen MR) is 80.8 cm³/mol. The van der Waals surface area contributed by atoms with Gasteiger partial charge in [-0.2, -0.15) is 11.8 Å². The van der Waals surface area contributed by atoms with Gasteiger partial charge in [-0.1, -0.05) is 46.9 Å². The van der Waals surface area contributed by atoms with Crippen molar-refractivity contribution in [2.75, 3.05) is 0 Å². The molecule has 5 heteroatoms. The molecule has 0 spiro atoms. The zero-order valence-corrected chi connectivity index (χ0v) is 12.7. The fourth-order valence-electron chi connectivity index (χ4n) is 1.33. The monoisotopic (exact) mass is 322 g/mol. The van der Waals surface area contributed by atoms with Crippen molar-refractivity contribution < 1.29 is 0 Å². The van der Waals surface area contributed by atoms with Crippen molar-refractivity contribution in [1.29, 1.82) is 0 Å². The van der Waals surface area contributed by atoms with E-state index in [9.17, 15) is 0 Å². The van der Waals surface area contributed by atoms with Crippen LogP contribution in [0.2, 0.25) is 13.7 Å². The summed E-state index contributed by atoms with van der Waals surface area (Å²) >= 11 is 21.0. The minimum atomic E-state index is 0.747. The van der Waals surface area contributed by atoms with Crippen molar-refractivity contribution in [3.8, 4) is 0 Å². The van der Waals surface area contributed by atoms with Gasteiger partial charge in [-0.05, 0) is 29.3 Å². The molecule has 0 aliphatic carbocycles. The van der Waals surface area contributed by atoms with Crippen molar-refractivity contribution in [3.05, 3.63) is 55.2 Å². The molecule has 17 heavy (non-hydrogen) atoms. The molecule has 1 aromatic heterocycles. The maximum absolute atomic E-state index is 6.05. The number of thioether (sulfide) groups is 1. The molecule has 2 rings (SSSR count). The molecule has 0 fully saturated rings. The minimum Gasteiger partial charge on any atom is -0.152 e. The Kier molecular flexibility index (Phi) is 5.07. The Morgan fingerprint density at radius 2 is 1.71 bits per heavy atom. The van der Waals surface area contributed by atoms with Crippen LogP contribution >= 0.6 is 57.9 Å². The molecule has 1 aromatic carbocycles. The first-order valence-electron chi connectivity index (χ1n) is 4.91. The SMILES string of the molecule is Clc1ccc(CSCc2cc(Cl)sc2Cl)cc1. The van der Waals surface area contributed by atoms with Crippen molar-refractivity contribution in [2.24, 2.45) is 0 Å². The van der Waals surface area contributed by atoms with Gasteiger partial charge in [-0.25, -0.2) is 0 Å². The van der Waals surface area contributed by atoms with E-state index in [1.807, 2.05) is 42.1 Å². The third-order valence-corrected chi connectivity index (χ3v) is 5.04. The van der Waals surface area contributed by atoms with E-state index in [1.54, 1.807) is 0 Å². The van der Waals surface area contributed by atoms with Crippen LogP contribution in [0, 0.1) is 0 Å². The lowest BCUT2D eigenvalue weighted by Crippen LogP contribution is -1.82. The topological polar surface area (TPSA) is 0 Å². The summed E-state index contributed by atoms with van der Waals surface area (Å²) < 4.78 is 1.54. The van der Waals surface area contributed by atoms with Crippen LogP contribution in [0.5, 0.6) is 0 Å². The van der Waals surface area contributed by atoms with Crippen molar-refractivity contribution in [3.63, 3.8) is 0 Å². The number of hydrogen-bond acceptors (Lipinski definition) is 2. The maximum atomic E-state index is 6.05. The van der Waals surface area contributed by atoms with Crippen LogP contribution in [-0.4, -0.2) is 0 Å². The number of rotatable bonds is 4. The van der Waals surface area contributed by atoms with Gasteiger partial charge in [0.2, 0.25) is 0 Å². The summed E-state index contributed by atoms with van der Waals surface area (Å²) in [6.07, 6.45) is 0. The van der Waals surface area contributed by atoms with Crippen LogP contribution in [-0.2, 0) is 11.5 Å². The summed E-state index contributed by atoms with van der Waals surface area (Å²) in [4.78, 5) is 0. The molecule has 0 aliphatic heterocycles. The molecule has 0 nitrogen and oxygen atoms in total. The molecular weight excluding hydrogens is 315 g/mol. The first-order chi connectivity index (χ1) is 8.15. The molecule has 0 saturated carbocycles. The average Bonchev–Trinajstić information content (AvgIpc) is 2.60. The van der Waals surface area contributed by atoms with Gasteiger partial charge in [0, 0.05) is 16.5 Å². The van der Waals surface area contributed by atoms with E-state index in [2.05, 4.69) is 0 Å². The molecule has 0 bridgehead atoms. The second-order valence-electron chi connectivity index (χ2n) is 3.47. The highest BCUT2D eigenvalue weighted by atomic mass is 35.5. The van der Waals surface area contributed by atoms with Gasteiger partial charge in [-0.15, -0.1) is 11.3 Å². The number of halogens is 3. The fraction of sp³-hybridized carbons (Fsp3) is 0.167. The molecule has 0 aliphatic rings. The Balaban J connectivity index is 1.87. The van der Waals surface area contributed by atoms with E-state index in [4.69, 9.17) is 34.8 Å². The van der Waals surface area contributed by atoms with Crippen molar-refractivity contribution in [2.45, 2.75) is 11.5 Å². The van der Waals surface area contributed by atoms with Crippen LogP contribution in [0.3, 0.4) is 0 Å². The van der Waals surface area contributed by atoms with Gasteiger partial charge in [-0.3, -0.25) is 0 Å². The Morgan fingerprint density at radius 1 is 1.00 bits per heavy atom. The summed E-state index contributed by atoms with van der Waals surface area (Å²) in [6, 6.07) is 9.83. The highest BCUT2D eigenvalue weighted by molar-refractivity contribution is 7.97. The summed E-state index contributed by atoms with van der Waals surface area (Å²) in [5.74, 6) is 1.83. The Bertz CT molecular complexity index is 491. The molecule has 0 unspecified atom stereocenters. The van der Waals surface area contributed by atoms with Crippen LogP contribution in [0.1, 0.15) is 11.1 Å². The average molecular weight is 324 g/mol. The van der Waals surface area contributed by atoms with Crippen molar-refractivity contribution >= 4 is 57.9 Å². The van der Waals surface area contributed by atoms with E-state index >= 15 is 0 Å². The molecule has 0 atom stereocenters. The van der Waals surface area contributed by atoms with Crippen LogP contribution in [0.25, 0.3) is 0 Å². The second kappa shape index (κ2) is 6.35. The van der Waals surface area contributed by atoms with Gasteiger partial charge in [0.25, 0.3) is 0 Å². The first-order valence-corrected chi connectivity index (χ1v) is 8.01. The minimum absolute atomic E-state index is 0.747. The predicted octanol–water partition coefficient (Wildman–Crippen LogP) is 6.14. The summed E-state index contributed by atoms with van der Waals surface area (Å²) in [7, 11) is 0. The Hall–Kier alpha value is 0.140. The van der Waals surface area contributed by atoms with Gasteiger partial charge < -0.3 is 0 Å². The van der Waals surface area contributed by atoms with Gasteiger partial charge in [0.05, 0.1) is 8.67 Å². The standard InChI is InChI=1S/C12H9Cl3S2/c13-10-3-1-8(2-4-10)6-16-7-9-5-11(14)17-12(9)15/h1-5H,6-7H2. The largest absolute Gasteiger partial charge is 0.152 e. The molecule has 0 amide bonds. The van der Waals surface area contributed by atoms with Crippen molar-refractivity contribution in [1.82, 2.24) is 0 Å². The normalized spacial score (nSPS) is 10.8. The molecule has 2 aromatic rings. The van der Waals surface area contributed by atoms with Crippen LogP contribution in [0.15, 0.2) is 30.3 Å². The fourth-order valence-corrected chi connectivity index (χ4v) is 4.09. The zero-order chi connectivity index (χ0) is 12.3. The van der Waals surface area contributed by atoms with Gasteiger partial charge in [0.15, 0.2) is 0 Å². The van der Waals surface area contributed by atoms with E-state index < -0.39 is 0 Å². The van der Waals surface area contributed by atoms with E-state index in [1.165, 1.54) is 16.9 Å². The molecule has 0 radical (unpaired) electrons. The third kappa shape index (κ3) is 4.08. The van der Waals surface area contributed by atoms with E-state index in [-0.39, 0.29) is 0 Å². The molecule has 90 valence electrons. The van der Waals surface area contributed by atoms with Gasteiger partial charge >= 0.3 is 0 Å². The Morgan fingerprint density at radius 3 is 2.29 bits per heavy atom. The number of hydrogen-bond donors (Lipinski definition) is 0. The Labute approximate surface area is 124 Å². The van der Waals surface area contributed by atoms with Gasteiger partial charge in [0.1, 0.15) is 0 Å². The van der Waals surface area contributed by atoms with E-state index in [0.29, 0.717) is 0 Å². The summed E-state index contributed by atoms with van der Waals surface area (Å²) in [5.41, 5.74) is 2.37. The first kappa shape index (κ1) is 13.6. The number of thiophene rings is 1. The second-order valence-corrected chi connectivity index (χ2v) is 7.18. The molecule has 1 heterocycles. The lowest BCUT2D eigenvalue weighted by Gasteiger charge is -2.01. The summed E-state index contributed by atoms with van der Waals surface area (Å²) in [6.45, 7) is 0. The quantitative estimate of drug-likeness (QED) is 0.651. The summed E-state index contributed by atoms with van der Waals surface area (Å²) in [5, 5.41) is 0.770. The lowest BCUT2D eigenvalue weighted by atomic mass is 10.2. The highest BCUT2D eigenvalue weighted by Gasteiger charge is 2.05. The highest BCUT2D eigenvalue weighted by Crippen LogP contribution is 2.34. The van der Waals surface area contributed by atoms with Crippen LogP contribution in [0.4, 0.5) is 0 Å². The molecule has 0 N–H and O–H groups in total. The molecular formula is C12H9Cl3S2. The smallest absolute Gasteiger partial charge is 0.0984 e. The third-order valence-electron chi connectivity index (χ3n) is 2.17. The lowest BCUT2D eigenvalue weighted by molar-refractivity contribution is 1.38. The zero-order valence-electron chi connectivity index (χ0n) is 8.75. The molecule has 0 saturated heterocycles. The number of benzene rings is 1. The van der Waals surface area contributed by atoms with E-state index in [0.717, 1.165) is 30.8 Å². The maximum Gasteiger partial charge on any atom is 0.0984 e. The van der Waals surface area contributed by atoms with Crippen LogP contribution < -0.4 is 0 Å².